The molecule has 2 aromatic rings. The van der Waals surface area contributed by atoms with E-state index in [1.807, 2.05) is 38.1 Å². The van der Waals surface area contributed by atoms with Crippen LogP contribution in [0.2, 0.25) is 0 Å². The highest BCUT2D eigenvalue weighted by atomic mass is 16.6. The molecule has 3 aliphatic rings. The van der Waals surface area contributed by atoms with E-state index in [0.29, 0.717) is 31.2 Å². The van der Waals surface area contributed by atoms with Gasteiger partial charge in [0.25, 0.3) is 0 Å². The summed E-state index contributed by atoms with van der Waals surface area (Å²) in [5, 5.41) is 17.9. The molecule has 5 rings (SSSR count). The van der Waals surface area contributed by atoms with Crippen molar-refractivity contribution < 1.29 is 29.0 Å². The summed E-state index contributed by atoms with van der Waals surface area (Å²) in [6.07, 6.45) is 5.24. The number of hydrogen-bond donors (Lipinski definition) is 1. The molecule has 3 unspecified atom stereocenters. The number of carbonyl (C=O) groups excluding carboxylic acids is 3. The summed E-state index contributed by atoms with van der Waals surface area (Å²) in [6, 6.07) is 6.53. The second-order valence-corrected chi connectivity index (χ2v) is 11.5. The SMILES string of the molecule is C=CCCOC(=O)[C@H]1[C@H]2C(=O)N(CCCCO)C(C(=O)N(CC=C)Cn3nnc4ccccc43)C23CC(C)[C@]1(C)O3. The van der Waals surface area contributed by atoms with Crippen LogP contribution in [0.15, 0.2) is 49.6 Å². The van der Waals surface area contributed by atoms with E-state index in [4.69, 9.17) is 9.47 Å². The molecular weight excluding hydrogens is 526 g/mol. The number of nitrogens with zero attached hydrogens (tertiary/aromatic N) is 5. The number of esters is 1. The lowest BCUT2D eigenvalue weighted by atomic mass is 9.62. The van der Waals surface area contributed by atoms with E-state index in [9.17, 15) is 19.5 Å². The number of hydrogen-bond acceptors (Lipinski definition) is 8. The number of aromatic nitrogens is 3. The average Bonchev–Trinajstić information content (AvgIpc) is 3.62. The lowest BCUT2D eigenvalue weighted by molar-refractivity contribution is -0.162. The van der Waals surface area contributed by atoms with Crippen LogP contribution in [0.5, 0.6) is 0 Å². The number of para-hydroxylation sites is 1. The molecule has 3 saturated heterocycles. The van der Waals surface area contributed by atoms with Crippen LogP contribution in [0.4, 0.5) is 0 Å². The van der Waals surface area contributed by atoms with Gasteiger partial charge in [-0.15, -0.1) is 18.3 Å². The Balaban J connectivity index is 1.53. The molecular formula is C30H39N5O6. The molecule has 2 amide bonds. The third-order valence-electron chi connectivity index (χ3n) is 9.06. The van der Waals surface area contributed by atoms with E-state index < -0.39 is 35.0 Å². The van der Waals surface area contributed by atoms with E-state index in [0.717, 1.165) is 5.52 Å². The van der Waals surface area contributed by atoms with Crippen molar-refractivity contribution in [2.24, 2.45) is 17.8 Å². The van der Waals surface area contributed by atoms with Crippen molar-refractivity contribution in [3.8, 4) is 0 Å². The summed E-state index contributed by atoms with van der Waals surface area (Å²) in [5.74, 6) is -2.85. The van der Waals surface area contributed by atoms with Crippen LogP contribution >= 0.6 is 0 Å². The first-order valence-corrected chi connectivity index (χ1v) is 14.3. The number of likely N-dealkylation sites (tertiary alicyclic amines) is 1. The zero-order valence-corrected chi connectivity index (χ0v) is 23.8. The second kappa shape index (κ2) is 11.4. The van der Waals surface area contributed by atoms with Crippen LogP contribution < -0.4 is 0 Å². The largest absolute Gasteiger partial charge is 0.465 e. The van der Waals surface area contributed by atoms with E-state index in [1.54, 1.807) is 26.6 Å². The first kappa shape index (κ1) is 28.9. The van der Waals surface area contributed by atoms with Gasteiger partial charge in [0.2, 0.25) is 11.8 Å². The maximum Gasteiger partial charge on any atom is 0.312 e. The number of ether oxygens (including phenoxy) is 2. The first-order valence-electron chi connectivity index (χ1n) is 14.3. The zero-order valence-electron chi connectivity index (χ0n) is 23.8. The van der Waals surface area contributed by atoms with Gasteiger partial charge in [0, 0.05) is 19.7 Å². The van der Waals surface area contributed by atoms with Crippen LogP contribution in [-0.2, 0) is 30.5 Å². The molecule has 0 aliphatic carbocycles. The Morgan fingerprint density at radius 1 is 1.27 bits per heavy atom. The normalized spacial score (nSPS) is 30.0. The van der Waals surface area contributed by atoms with Gasteiger partial charge in [-0.05, 0) is 50.7 Å². The summed E-state index contributed by atoms with van der Waals surface area (Å²) in [5.41, 5.74) is -0.661. The van der Waals surface area contributed by atoms with Crippen LogP contribution in [0.25, 0.3) is 11.0 Å². The quantitative estimate of drug-likeness (QED) is 0.223. The Bertz CT molecular complexity index is 1340. The van der Waals surface area contributed by atoms with Crippen molar-refractivity contribution in [1.82, 2.24) is 24.8 Å². The van der Waals surface area contributed by atoms with E-state index in [2.05, 4.69) is 23.5 Å². The number of fused-ring (bicyclic) bond motifs is 2. The van der Waals surface area contributed by atoms with Gasteiger partial charge in [-0.3, -0.25) is 14.4 Å². The molecule has 2 bridgehead atoms. The molecule has 11 nitrogen and oxygen atoms in total. The molecule has 1 N–H and O–H groups in total. The molecule has 11 heteroatoms. The van der Waals surface area contributed by atoms with E-state index in [-0.39, 0.29) is 50.7 Å². The van der Waals surface area contributed by atoms with Gasteiger partial charge < -0.3 is 24.4 Å². The monoisotopic (exact) mass is 565 g/mol. The fraction of sp³-hybridized carbons (Fsp3) is 0.567. The van der Waals surface area contributed by atoms with Gasteiger partial charge in [0.15, 0.2) is 0 Å². The molecule has 1 aromatic heterocycles. The summed E-state index contributed by atoms with van der Waals surface area (Å²) >= 11 is 0. The highest BCUT2D eigenvalue weighted by Crippen LogP contribution is 2.65. The Labute approximate surface area is 239 Å². The van der Waals surface area contributed by atoms with Crippen LogP contribution in [0.3, 0.4) is 0 Å². The highest BCUT2D eigenvalue weighted by molar-refractivity contribution is 5.98. The maximum atomic E-state index is 14.6. The Morgan fingerprint density at radius 2 is 2.05 bits per heavy atom. The van der Waals surface area contributed by atoms with Crippen molar-refractivity contribution in [3.63, 3.8) is 0 Å². The number of benzene rings is 1. The summed E-state index contributed by atoms with van der Waals surface area (Å²) in [6.45, 7) is 12.1. The maximum absolute atomic E-state index is 14.6. The molecule has 3 aliphatic heterocycles. The van der Waals surface area contributed by atoms with E-state index in [1.165, 1.54) is 0 Å². The van der Waals surface area contributed by atoms with Gasteiger partial charge in [-0.2, -0.15) is 0 Å². The number of aliphatic hydroxyl groups excluding tert-OH is 1. The Kier molecular flexibility index (Phi) is 8.02. The molecule has 1 spiro atoms. The molecule has 6 atom stereocenters. The molecule has 41 heavy (non-hydrogen) atoms. The van der Waals surface area contributed by atoms with Gasteiger partial charge in [-0.25, -0.2) is 4.68 Å². The van der Waals surface area contributed by atoms with Gasteiger partial charge in [-0.1, -0.05) is 36.4 Å². The number of aliphatic hydroxyl groups is 1. The van der Waals surface area contributed by atoms with E-state index >= 15 is 0 Å². The van der Waals surface area contributed by atoms with Gasteiger partial charge in [0.1, 0.15) is 29.7 Å². The smallest absolute Gasteiger partial charge is 0.312 e. The average molecular weight is 566 g/mol. The third kappa shape index (κ3) is 4.64. The summed E-state index contributed by atoms with van der Waals surface area (Å²) in [7, 11) is 0. The summed E-state index contributed by atoms with van der Waals surface area (Å²) in [4.78, 5) is 45.4. The lowest BCUT2D eigenvalue weighted by Crippen LogP contribution is -2.56. The van der Waals surface area contributed by atoms with Gasteiger partial charge >= 0.3 is 5.97 Å². The number of unbranched alkanes of at least 4 members (excludes halogenated alkanes) is 1. The number of amides is 2. The number of carbonyl (C=O) groups is 3. The van der Waals surface area contributed by atoms with Crippen molar-refractivity contribution in [1.29, 1.82) is 0 Å². The topological polar surface area (TPSA) is 127 Å². The zero-order chi connectivity index (χ0) is 29.4. The molecule has 4 heterocycles. The Morgan fingerprint density at radius 3 is 2.78 bits per heavy atom. The minimum atomic E-state index is -1.19. The van der Waals surface area contributed by atoms with Crippen LogP contribution in [-0.4, -0.2) is 91.2 Å². The number of rotatable bonds is 13. The van der Waals surface area contributed by atoms with Crippen molar-refractivity contribution in [2.45, 2.75) is 63.4 Å². The second-order valence-electron chi connectivity index (χ2n) is 11.5. The van der Waals surface area contributed by atoms with Crippen LogP contribution in [0.1, 0.15) is 39.5 Å². The first-order chi connectivity index (χ1) is 19.7. The molecule has 1 aromatic carbocycles. The lowest BCUT2D eigenvalue weighted by Gasteiger charge is -2.37. The van der Waals surface area contributed by atoms with Crippen molar-refractivity contribution in [3.05, 3.63) is 49.6 Å². The Hall–Kier alpha value is -3.57. The minimum absolute atomic E-state index is 0.0267. The molecule has 0 radical (unpaired) electrons. The standard InChI is InChI=1S/C30H39N5O6/c1-5-7-17-40-28(39)24-23-26(37)34(15-10-11-16-36)25(30(23)18-20(3)29(24,4)41-30)27(38)33(14-6-2)19-35-22-13-9-8-12-21(22)31-32-35/h5-6,8-9,12-13,20,23-25,36H,1-2,7,10-11,14-19H2,3-4H3/t20?,23-,24+,25?,29-,30?/m0/s1. The van der Waals surface area contributed by atoms with Gasteiger partial charge in [0.05, 0.1) is 23.6 Å². The fourth-order valence-electron chi connectivity index (χ4n) is 7.07. The molecule has 3 fully saturated rings. The fourth-order valence-corrected chi connectivity index (χ4v) is 7.07. The van der Waals surface area contributed by atoms with Crippen molar-refractivity contribution >= 4 is 28.8 Å². The third-order valence-corrected chi connectivity index (χ3v) is 9.06. The molecule has 0 saturated carbocycles. The molecule has 220 valence electrons. The highest BCUT2D eigenvalue weighted by Gasteiger charge is 2.80. The minimum Gasteiger partial charge on any atom is -0.465 e. The van der Waals surface area contributed by atoms with Crippen molar-refractivity contribution in [2.75, 3.05) is 26.3 Å². The van der Waals surface area contributed by atoms with Crippen LogP contribution in [0, 0.1) is 17.8 Å². The predicted octanol–water partition coefficient (Wildman–Crippen LogP) is 2.31. The summed E-state index contributed by atoms with van der Waals surface area (Å²) < 4.78 is 14.0. The predicted molar refractivity (Wildman–Crippen MR) is 150 cm³/mol.